The molecule has 0 spiro atoms. The summed E-state index contributed by atoms with van der Waals surface area (Å²) in [6, 6.07) is 19.2. The first-order chi connectivity index (χ1) is 22.6. The van der Waals surface area contributed by atoms with Gasteiger partial charge >= 0.3 is 5.97 Å². The molecule has 4 rings (SSSR count). The minimum Gasteiger partial charge on any atom is -0.480 e. The zero-order valence-corrected chi connectivity index (χ0v) is 28.9. The van der Waals surface area contributed by atoms with Gasteiger partial charge in [-0.2, -0.15) is 0 Å². The number of carbonyl (C=O) groups is 3. The van der Waals surface area contributed by atoms with Crippen molar-refractivity contribution in [3.8, 4) is 0 Å². The highest BCUT2D eigenvalue weighted by Crippen LogP contribution is 2.31. The summed E-state index contributed by atoms with van der Waals surface area (Å²) in [4.78, 5) is 68.9. The number of hydrogen-bond acceptors (Lipinski definition) is 7. The summed E-state index contributed by atoms with van der Waals surface area (Å²) in [5.74, 6) is -0.969. The van der Waals surface area contributed by atoms with Crippen LogP contribution in [0.5, 0.6) is 0 Å². The van der Waals surface area contributed by atoms with E-state index in [9.17, 15) is 24.0 Å². The Balaban J connectivity index is 0.000000261. The van der Waals surface area contributed by atoms with Crippen molar-refractivity contribution >= 4 is 17.5 Å². The number of carboxylic acids is 1. The number of ketones is 2. The average Bonchev–Trinajstić information content (AvgIpc) is 3.06. The predicted octanol–water partition coefficient (Wildman–Crippen LogP) is 5.17. The van der Waals surface area contributed by atoms with Gasteiger partial charge in [-0.15, -0.1) is 0 Å². The lowest BCUT2D eigenvalue weighted by molar-refractivity contribution is -0.137. The van der Waals surface area contributed by atoms with Gasteiger partial charge in [-0.25, -0.2) is 0 Å². The van der Waals surface area contributed by atoms with Crippen LogP contribution >= 0.6 is 0 Å². The summed E-state index contributed by atoms with van der Waals surface area (Å²) in [5.41, 5.74) is 2.24. The van der Waals surface area contributed by atoms with E-state index in [2.05, 4.69) is 9.97 Å². The van der Waals surface area contributed by atoms with Crippen LogP contribution in [0.4, 0.5) is 0 Å². The Morgan fingerprint density at radius 3 is 1.42 bits per heavy atom. The maximum absolute atomic E-state index is 12.5. The summed E-state index contributed by atoms with van der Waals surface area (Å²) in [6.07, 6.45) is 5.00. The molecule has 2 aromatic carbocycles. The molecule has 10 heteroatoms. The molecule has 0 saturated carbocycles. The average molecular weight is 655 g/mol. The maximum atomic E-state index is 12.5. The Morgan fingerprint density at radius 1 is 0.688 bits per heavy atom. The molecule has 10 nitrogen and oxygen atoms in total. The molecule has 0 fully saturated rings. The summed E-state index contributed by atoms with van der Waals surface area (Å²) < 4.78 is 2.91. The predicted molar refractivity (Wildman–Crippen MR) is 185 cm³/mol. The van der Waals surface area contributed by atoms with Gasteiger partial charge in [-0.05, 0) is 85.3 Å². The number of aromatic nitrogens is 4. The Morgan fingerprint density at radius 2 is 1.06 bits per heavy atom. The van der Waals surface area contributed by atoms with Crippen molar-refractivity contribution in [3.63, 3.8) is 0 Å². The molecular weight excluding hydrogens is 608 g/mol. The van der Waals surface area contributed by atoms with Crippen molar-refractivity contribution in [2.45, 2.75) is 98.1 Å². The van der Waals surface area contributed by atoms with Crippen LogP contribution in [0.1, 0.15) is 81.4 Å². The summed E-state index contributed by atoms with van der Waals surface area (Å²) in [7, 11) is 0. The van der Waals surface area contributed by atoms with Gasteiger partial charge in [0.1, 0.15) is 29.5 Å². The van der Waals surface area contributed by atoms with Crippen LogP contribution in [0, 0.1) is 13.8 Å². The quantitative estimate of drug-likeness (QED) is 0.208. The van der Waals surface area contributed by atoms with Crippen LogP contribution in [0.15, 0.2) is 82.6 Å². The van der Waals surface area contributed by atoms with Gasteiger partial charge in [0.05, 0.1) is 10.8 Å². The van der Waals surface area contributed by atoms with E-state index in [0.29, 0.717) is 43.6 Å². The van der Waals surface area contributed by atoms with E-state index in [4.69, 9.17) is 5.11 Å². The molecule has 2 atom stereocenters. The lowest BCUT2D eigenvalue weighted by atomic mass is 9.75. The first-order valence-corrected chi connectivity index (χ1v) is 16.1. The molecule has 0 radical (unpaired) electrons. The third kappa shape index (κ3) is 8.67. The van der Waals surface area contributed by atoms with Crippen molar-refractivity contribution in [2.24, 2.45) is 0 Å². The Labute approximate surface area is 281 Å². The molecule has 4 aromatic rings. The fourth-order valence-electron chi connectivity index (χ4n) is 5.69. The number of aryl methyl sites for hydroxylation is 4. The molecule has 48 heavy (non-hydrogen) atoms. The highest BCUT2D eigenvalue weighted by Gasteiger charge is 2.33. The number of carboxylic acid groups (broad SMARTS) is 1. The van der Waals surface area contributed by atoms with Gasteiger partial charge in [0.2, 0.25) is 0 Å². The molecule has 1 N–H and O–H groups in total. The van der Waals surface area contributed by atoms with Gasteiger partial charge in [0.25, 0.3) is 11.1 Å². The Bertz CT molecular complexity index is 1870. The fourth-order valence-corrected chi connectivity index (χ4v) is 5.69. The number of rotatable bonds is 13. The monoisotopic (exact) mass is 654 g/mol. The van der Waals surface area contributed by atoms with Gasteiger partial charge in [0, 0.05) is 30.3 Å². The van der Waals surface area contributed by atoms with E-state index in [-0.39, 0.29) is 22.8 Å². The smallest absolute Gasteiger partial charge is 0.323 e. The zero-order valence-electron chi connectivity index (χ0n) is 28.9. The third-order valence-electron chi connectivity index (χ3n) is 9.36. The molecule has 0 bridgehead atoms. The molecule has 2 unspecified atom stereocenters. The summed E-state index contributed by atoms with van der Waals surface area (Å²) in [5, 5.41) is 8.96. The van der Waals surface area contributed by atoms with E-state index in [0.717, 1.165) is 16.8 Å². The summed E-state index contributed by atoms with van der Waals surface area (Å²) in [6.45, 7) is 12.6. The third-order valence-corrected chi connectivity index (χ3v) is 9.36. The fraction of sp³-hybridized carbons (Fsp3) is 0.395. The Kier molecular flexibility index (Phi) is 12.7. The van der Waals surface area contributed by atoms with E-state index in [1.807, 2.05) is 88.4 Å². The van der Waals surface area contributed by atoms with Crippen molar-refractivity contribution in [3.05, 3.63) is 128 Å². The largest absolute Gasteiger partial charge is 0.480 e. The lowest BCUT2D eigenvalue weighted by Crippen LogP contribution is -2.34. The number of nitrogens with zero attached hydrogens (tertiary/aromatic N) is 4. The normalized spacial score (nSPS) is 13.4. The number of hydrogen-bond donors (Lipinski definition) is 1. The molecule has 254 valence electrons. The SMILES string of the molecule is CC(=O)C(C)(CCc1ncc(C)n(CC(=O)O)c1=O)c1ccccc1.CCn1c(C)cnc(CCC(C)(C(C)=O)c2ccccc2)c1=O. The van der Waals surface area contributed by atoms with Gasteiger partial charge < -0.3 is 9.67 Å². The van der Waals surface area contributed by atoms with Crippen molar-refractivity contribution in [2.75, 3.05) is 0 Å². The van der Waals surface area contributed by atoms with Crippen LogP contribution in [0.2, 0.25) is 0 Å². The van der Waals surface area contributed by atoms with E-state index in [1.165, 1.54) is 17.7 Å². The van der Waals surface area contributed by atoms with Crippen molar-refractivity contribution in [1.29, 1.82) is 0 Å². The highest BCUT2D eigenvalue weighted by molar-refractivity contribution is 5.88. The van der Waals surface area contributed by atoms with Crippen LogP contribution in [0.3, 0.4) is 0 Å². The van der Waals surface area contributed by atoms with Gasteiger partial charge in [0.15, 0.2) is 0 Å². The number of carbonyl (C=O) groups excluding carboxylic acids is 2. The van der Waals surface area contributed by atoms with Crippen molar-refractivity contribution in [1.82, 2.24) is 19.1 Å². The number of aliphatic carboxylic acids is 1. The first kappa shape index (κ1) is 37.5. The summed E-state index contributed by atoms with van der Waals surface area (Å²) >= 11 is 0. The molecule has 0 amide bonds. The second-order valence-corrected chi connectivity index (χ2v) is 12.5. The van der Waals surface area contributed by atoms with Crippen LogP contribution in [-0.4, -0.2) is 41.7 Å². The molecule has 0 aliphatic heterocycles. The van der Waals surface area contributed by atoms with Gasteiger partial charge in [-0.1, -0.05) is 60.7 Å². The van der Waals surface area contributed by atoms with Crippen LogP contribution in [0.25, 0.3) is 0 Å². The standard InChI is InChI=1S/C19H22N2O4.C19H24N2O2/c1-13-11-20-16(18(25)21(13)12-17(23)24)9-10-19(3,14(2)22)15-7-5-4-6-8-15;1-5-21-14(2)13-20-17(18(21)23)11-12-19(4,15(3)22)16-9-7-6-8-10-16/h4-8,11H,9-10,12H2,1-3H3,(H,23,24);6-10,13H,5,11-12H2,1-4H3. The zero-order chi connectivity index (χ0) is 35.6. The second kappa shape index (κ2) is 16.2. The maximum Gasteiger partial charge on any atom is 0.323 e. The minimum atomic E-state index is -1.08. The topological polar surface area (TPSA) is 141 Å². The molecule has 2 aromatic heterocycles. The van der Waals surface area contributed by atoms with E-state index >= 15 is 0 Å². The second-order valence-electron chi connectivity index (χ2n) is 12.5. The number of Topliss-reactive ketones (excluding diaryl/α,β-unsaturated/α-hetero) is 2. The minimum absolute atomic E-state index is 0.0108. The molecule has 0 saturated heterocycles. The van der Waals surface area contributed by atoms with Crippen molar-refractivity contribution < 1.29 is 19.5 Å². The van der Waals surface area contributed by atoms with E-state index < -0.39 is 28.9 Å². The lowest BCUT2D eigenvalue weighted by Gasteiger charge is -2.27. The highest BCUT2D eigenvalue weighted by atomic mass is 16.4. The van der Waals surface area contributed by atoms with E-state index in [1.54, 1.807) is 24.6 Å². The van der Waals surface area contributed by atoms with Crippen LogP contribution in [-0.2, 0) is 51.1 Å². The number of benzene rings is 2. The molecule has 0 aliphatic carbocycles. The van der Waals surface area contributed by atoms with Gasteiger partial charge in [-0.3, -0.25) is 38.5 Å². The Hall–Kier alpha value is -4.99. The first-order valence-electron chi connectivity index (χ1n) is 16.1. The molecular formula is C38H46N4O6. The molecule has 0 aliphatic rings. The molecule has 2 heterocycles. The van der Waals surface area contributed by atoms with Crippen LogP contribution < -0.4 is 11.1 Å².